The quantitative estimate of drug-likeness (QED) is 0.680. The predicted octanol–water partition coefficient (Wildman–Crippen LogP) is 3.61. The molecule has 3 aromatic rings. The van der Waals surface area contributed by atoms with Gasteiger partial charge in [-0.15, -0.1) is 0 Å². The number of nitrogens with two attached hydrogens (primary N) is 1. The Morgan fingerprint density at radius 2 is 2.00 bits per heavy atom. The maximum Gasteiger partial charge on any atom is 0.339 e. The SMILES string of the molecule is Nc1nc2oc3ccc(/C=C/C4CCCCC4)nc3c(=O)c2cc1C(=O)O. The van der Waals surface area contributed by atoms with E-state index in [0.29, 0.717) is 11.6 Å². The molecular formula is C20H19N3O4. The minimum atomic E-state index is -1.25. The van der Waals surface area contributed by atoms with Crippen molar-refractivity contribution in [2.24, 2.45) is 5.92 Å². The molecule has 0 radical (unpaired) electrons. The fourth-order valence-electron chi connectivity index (χ4n) is 3.51. The molecule has 3 N–H and O–H groups in total. The Hall–Kier alpha value is -3.22. The standard InChI is InChI=1S/C20H19N3O4/c21-18-14(20(25)26)10-13-17(24)16-15(27-19(13)23-18)9-8-12(22-16)7-6-11-4-2-1-3-5-11/h6-11H,1-5H2,(H2,21,23)(H,25,26)/b7-6+. The molecule has 0 spiro atoms. The van der Waals surface area contributed by atoms with Crippen LogP contribution in [0.25, 0.3) is 28.3 Å². The summed E-state index contributed by atoms with van der Waals surface area (Å²) in [7, 11) is 0. The molecule has 1 fully saturated rings. The van der Waals surface area contributed by atoms with Gasteiger partial charge in [0.15, 0.2) is 11.1 Å². The maximum atomic E-state index is 12.8. The Morgan fingerprint density at radius 3 is 2.74 bits per heavy atom. The van der Waals surface area contributed by atoms with Crippen molar-refractivity contribution in [1.82, 2.24) is 9.97 Å². The molecule has 7 heteroatoms. The molecule has 3 heterocycles. The van der Waals surface area contributed by atoms with Crippen LogP contribution >= 0.6 is 0 Å². The number of carboxylic acid groups (broad SMARTS) is 1. The van der Waals surface area contributed by atoms with E-state index in [-0.39, 0.29) is 33.6 Å². The Labute approximate surface area is 154 Å². The molecule has 0 bridgehead atoms. The molecule has 4 rings (SSSR count). The lowest BCUT2D eigenvalue weighted by Gasteiger charge is -2.17. The van der Waals surface area contributed by atoms with Crippen molar-refractivity contribution in [3.63, 3.8) is 0 Å². The first kappa shape index (κ1) is 17.2. The largest absolute Gasteiger partial charge is 0.478 e. The lowest BCUT2D eigenvalue weighted by molar-refractivity contribution is 0.0698. The van der Waals surface area contributed by atoms with Crippen molar-refractivity contribution < 1.29 is 14.3 Å². The number of nitrogen functional groups attached to an aromatic ring is 1. The minimum absolute atomic E-state index is 0.00213. The van der Waals surface area contributed by atoms with Crippen LogP contribution in [-0.2, 0) is 0 Å². The van der Waals surface area contributed by atoms with Crippen molar-refractivity contribution in [3.05, 3.63) is 45.8 Å². The fourth-order valence-corrected chi connectivity index (χ4v) is 3.51. The van der Waals surface area contributed by atoms with E-state index in [1.54, 1.807) is 12.1 Å². The van der Waals surface area contributed by atoms with Crippen LogP contribution in [0.2, 0.25) is 0 Å². The summed E-state index contributed by atoms with van der Waals surface area (Å²) in [5.74, 6) is -0.898. The summed E-state index contributed by atoms with van der Waals surface area (Å²) in [4.78, 5) is 32.4. The number of fused-ring (bicyclic) bond motifs is 2. The zero-order valence-electron chi connectivity index (χ0n) is 14.6. The zero-order valence-corrected chi connectivity index (χ0v) is 14.6. The topological polar surface area (TPSA) is 119 Å². The third kappa shape index (κ3) is 3.28. The number of anilines is 1. The van der Waals surface area contributed by atoms with Gasteiger partial charge in [0.1, 0.15) is 11.4 Å². The van der Waals surface area contributed by atoms with E-state index in [1.165, 1.54) is 38.2 Å². The highest BCUT2D eigenvalue weighted by atomic mass is 16.4. The first-order chi connectivity index (χ1) is 13.0. The molecule has 0 amide bonds. The number of nitrogens with zero attached hydrogens (tertiary/aromatic N) is 2. The van der Waals surface area contributed by atoms with Crippen LogP contribution in [0.3, 0.4) is 0 Å². The first-order valence-electron chi connectivity index (χ1n) is 8.98. The van der Waals surface area contributed by atoms with Gasteiger partial charge in [0.25, 0.3) is 0 Å². The van der Waals surface area contributed by atoms with Crippen molar-refractivity contribution in [1.29, 1.82) is 0 Å². The minimum Gasteiger partial charge on any atom is -0.478 e. The van der Waals surface area contributed by atoms with Gasteiger partial charge >= 0.3 is 5.97 Å². The van der Waals surface area contributed by atoms with E-state index >= 15 is 0 Å². The van der Waals surface area contributed by atoms with Gasteiger partial charge in [-0.25, -0.2) is 9.78 Å². The smallest absolute Gasteiger partial charge is 0.339 e. The number of allylic oxidation sites excluding steroid dienone is 1. The molecule has 0 unspecified atom stereocenters. The summed E-state index contributed by atoms with van der Waals surface area (Å²) in [6, 6.07) is 4.65. The van der Waals surface area contributed by atoms with E-state index < -0.39 is 11.4 Å². The summed E-state index contributed by atoms with van der Waals surface area (Å²) >= 11 is 0. The van der Waals surface area contributed by atoms with Crippen molar-refractivity contribution in [2.45, 2.75) is 32.1 Å². The van der Waals surface area contributed by atoms with Crippen LogP contribution in [0.1, 0.15) is 48.2 Å². The summed E-state index contributed by atoms with van der Waals surface area (Å²) < 4.78 is 5.62. The fraction of sp³-hybridized carbons (Fsp3) is 0.300. The molecule has 1 saturated carbocycles. The van der Waals surface area contributed by atoms with Crippen LogP contribution in [0.4, 0.5) is 5.82 Å². The number of carboxylic acids is 1. The van der Waals surface area contributed by atoms with Gasteiger partial charge in [-0.05, 0) is 43.0 Å². The third-order valence-electron chi connectivity index (χ3n) is 4.98. The van der Waals surface area contributed by atoms with E-state index in [1.807, 2.05) is 6.08 Å². The van der Waals surface area contributed by atoms with Crippen LogP contribution in [0.15, 0.2) is 33.5 Å². The number of hydrogen-bond acceptors (Lipinski definition) is 6. The van der Waals surface area contributed by atoms with Gasteiger partial charge in [0, 0.05) is 0 Å². The second-order valence-corrected chi connectivity index (χ2v) is 6.85. The highest BCUT2D eigenvalue weighted by Gasteiger charge is 2.17. The lowest BCUT2D eigenvalue weighted by atomic mass is 9.89. The summed E-state index contributed by atoms with van der Waals surface area (Å²) in [6.45, 7) is 0. The van der Waals surface area contributed by atoms with Gasteiger partial charge in [-0.1, -0.05) is 25.3 Å². The molecule has 0 atom stereocenters. The average molecular weight is 365 g/mol. The Balaban J connectivity index is 1.80. The van der Waals surface area contributed by atoms with Crippen LogP contribution < -0.4 is 11.2 Å². The molecular weight excluding hydrogens is 346 g/mol. The number of pyridine rings is 2. The van der Waals surface area contributed by atoms with Gasteiger partial charge in [-0.2, -0.15) is 4.98 Å². The molecule has 1 aliphatic carbocycles. The average Bonchev–Trinajstić information content (AvgIpc) is 2.67. The number of aromatic nitrogens is 2. The monoisotopic (exact) mass is 365 g/mol. The summed E-state index contributed by atoms with van der Waals surface area (Å²) in [5.41, 5.74) is 6.09. The summed E-state index contributed by atoms with van der Waals surface area (Å²) in [5, 5.41) is 9.24. The zero-order chi connectivity index (χ0) is 19.0. The number of rotatable bonds is 3. The van der Waals surface area contributed by atoms with Gasteiger partial charge in [-0.3, -0.25) is 4.79 Å². The summed E-state index contributed by atoms with van der Waals surface area (Å²) in [6.07, 6.45) is 10.2. The lowest BCUT2D eigenvalue weighted by Crippen LogP contribution is -2.10. The predicted molar refractivity (Wildman–Crippen MR) is 103 cm³/mol. The van der Waals surface area contributed by atoms with Crippen LogP contribution in [-0.4, -0.2) is 21.0 Å². The number of aromatic carboxylic acids is 1. The van der Waals surface area contributed by atoms with Gasteiger partial charge < -0.3 is 15.3 Å². The van der Waals surface area contributed by atoms with Crippen molar-refractivity contribution in [2.75, 3.05) is 5.73 Å². The molecule has 0 aliphatic heterocycles. The molecule has 0 saturated heterocycles. The van der Waals surface area contributed by atoms with Crippen LogP contribution in [0, 0.1) is 5.92 Å². The molecule has 27 heavy (non-hydrogen) atoms. The van der Waals surface area contributed by atoms with Crippen LogP contribution in [0.5, 0.6) is 0 Å². The first-order valence-corrected chi connectivity index (χ1v) is 8.98. The number of hydrogen-bond donors (Lipinski definition) is 2. The normalized spacial score (nSPS) is 15.7. The van der Waals surface area contributed by atoms with Gasteiger partial charge in [0.2, 0.25) is 11.1 Å². The molecule has 7 nitrogen and oxygen atoms in total. The maximum absolute atomic E-state index is 12.8. The second kappa shape index (κ2) is 6.83. The Bertz CT molecular complexity index is 1130. The highest BCUT2D eigenvalue weighted by molar-refractivity contribution is 5.98. The molecule has 1 aliphatic rings. The second-order valence-electron chi connectivity index (χ2n) is 6.85. The Kier molecular flexibility index (Phi) is 4.35. The van der Waals surface area contributed by atoms with E-state index in [9.17, 15) is 14.7 Å². The highest BCUT2D eigenvalue weighted by Crippen LogP contribution is 2.25. The number of carbonyl (C=O) groups is 1. The molecule has 0 aromatic carbocycles. The third-order valence-corrected chi connectivity index (χ3v) is 4.98. The van der Waals surface area contributed by atoms with E-state index in [2.05, 4.69) is 16.0 Å². The molecule has 138 valence electrons. The molecule has 3 aromatic heterocycles. The van der Waals surface area contributed by atoms with E-state index in [4.69, 9.17) is 10.2 Å². The van der Waals surface area contributed by atoms with Gasteiger partial charge in [0.05, 0.1) is 11.1 Å². The Morgan fingerprint density at radius 1 is 1.22 bits per heavy atom. The van der Waals surface area contributed by atoms with Crippen molar-refractivity contribution in [3.8, 4) is 0 Å². The van der Waals surface area contributed by atoms with Crippen molar-refractivity contribution >= 4 is 40.1 Å². The van der Waals surface area contributed by atoms with E-state index in [0.717, 1.165) is 0 Å².